The Hall–Kier alpha value is -6.89. The molecule has 0 aliphatic carbocycles. The molecule has 6 heteroatoms. The van der Waals surface area contributed by atoms with Crippen LogP contribution in [0.25, 0.3) is 92.5 Å². The molecule has 13 rings (SSSR count). The highest BCUT2D eigenvalue weighted by Crippen LogP contribution is 2.49. The fourth-order valence-electron chi connectivity index (χ4n) is 9.62. The van der Waals surface area contributed by atoms with Crippen molar-refractivity contribution in [3.8, 4) is 39.4 Å². The van der Waals surface area contributed by atoms with Crippen molar-refractivity contribution in [1.82, 2.24) is 9.55 Å². The van der Waals surface area contributed by atoms with Crippen LogP contribution in [0.1, 0.15) is 5.56 Å². The molecular formula is C50H30BN3OS. The van der Waals surface area contributed by atoms with E-state index in [9.17, 15) is 0 Å². The first-order valence-corrected chi connectivity index (χ1v) is 20.0. The van der Waals surface area contributed by atoms with Crippen molar-refractivity contribution in [2.24, 2.45) is 0 Å². The summed E-state index contributed by atoms with van der Waals surface area (Å²) in [4.78, 5) is 7.66. The van der Waals surface area contributed by atoms with Gasteiger partial charge in [0.1, 0.15) is 5.52 Å². The Morgan fingerprint density at radius 1 is 0.589 bits per heavy atom. The number of anilines is 2. The predicted molar refractivity (Wildman–Crippen MR) is 236 cm³/mol. The van der Waals surface area contributed by atoms with Crippen molar-refractivity contribution in [1.29, 1.82) is 0 Å². The van der Waals surface area contributed by atoms with Crippen molar-refractivity contribution in [2.75, 3.05) is 4.81 Å². The molecule has 3 aromatic heterocycles. The zero-order valence-corrected chi connectivity index (χ0v) is 31.1. The smallest absolute Gasteiger partial charge is 0.333 e. The number of hydrogen-bond acceptors (Lipinski definition) is 4. The Bertz CT molecular complexity index is 3450. The molecule has 5 heterocycles. The fourth-order valence-corrected chi connectivity index (χ4v) is 10.7. The lowest BCUT2D eigenvalue weighted by molar-refractivity contribution is 0.620. The molecule has 0 bridgehead atoms. The molecule has 0 saturated heterocycles. The highest BCUT2D eigenvalue weighted by atomic mass is 32.1. The van der Waals surface area contributed by atoms with E-state index in [1.807, 2.05) is 29.5 Å². The second-order valence-electron chi connectivity index (χ2n) is 15.2. The number of oxazole rings is 1. The number of para-hydroxylation sites is 2. The predicted octanol–water partition coefficient (Wildman–Crippen LogP) is 12.2. The average Bonchev–Trinajstić information content (AvgIpc) is 3.95. The molecule has 56 heavy (non-hydrogen) atoms. The van der Waals surface area contributed by atoms with E-state index in [2.05, 4.69) is 162 Å². The summed E-state index contributed by atoms with van der Waals surface area (Å²) in [5.41, 5.74) is 17.3. The van der Waals surface area contributed by atoms with Crippen LogP contribution in [0, 0.1) is 6.92 Å². The summed E-state index contributed by atoms with van der Waals surface area (Å²) < 4.78 is 11.8. The zero-order chi connectivity index (χ0) is 36.6. The largest absolute Gasteiger partial charge is 0.436 e. The maximum atomic E-state index is 6.62. The van der Waals surface area contributed by atoms with Gasteiger partial charge in [0.2, 0.25) is 5.89 Å². The summed E-state index contributed by atoms with van der Waals surface area (Å²) in [7, 11) is 0. The van der Waals surface area contributed by atoms with Crippen molar-refractivity contribution < 1.29 is 4.42 Å². The molecule has 260 valence electrons. The van der Waals surface area contributed by atoms with E-state index in [1.54, 1.807) is 0 Å². The number of benzene rings is 8. The molecule has 11 aromatic rings. The van der Waals surface area contributed by atoms with Crippen LogP contribution >= 0.6 is 11.3 Å². The molecular weight excluding hydrogens is 701 g/mol. The van der Waals surface area contributed by atoms with Crippen LogP contribution in [0.15, 0.2) is 168 Å². The van der Waals surface area contributed by atoms with E-state index in [0.717, 1.165) is 28.0 Å². The zero-order valence-electron chi connectivity index (χ0n) is 30.3. The average molecular weight is 732 g/mol. The van der Waals surface area contributed by atoms with Gasteiger partial charge in [0.15, 0.2) is 5.58 Å². The first kappa shape index (κ1) is 30.4. The standard InChI is InChI=1S/C50H30BN3OS/c1-29-19-22-32(23-20-29)54-42-17-9-5-13-33(42)38-26-36(31-21-24-46-37(25-31)34-14-7-10-18-45(34)56-46)47-35-15-6-8-16-41(35)53-43-28-40-44(27-39(43)51(54)48(38)49(47)53)55-50(52-40)30-11-3-2-4-12-30/h2-28H,1H3. The molecule has 0 amide bonds. The second kappa shape index (κ2) is 11.1. The molecule has 0 unspecified atom stereocenters. The Morgan fingerprint density at radius 3 is 2.25 bits per heavy atom. The third-order valence-electron chi connectivity index (χ3n) is 12.1. The highest BCUT2D eigenvalue weighted by molar-refractivity contribution is 7.25. The van der Waals surface area contributed by atoms with Gasteiger partial charge in [-0.05, 0) is 107 Å². The van der Waals surface area contributed by atoms with Crippen LogP contribution in [0.4, 0.5) is 11.4 Å². The van der Waals surface area contributed by atoms with E-state index in [1.165, 1.54) is 86.4 Å². The van der Waals surface area contributed by atoms with Gasteiger partial charge in [-0.25, -0.2) is 4.98 Å². The van der Waals surface area contributed by atoms with E-state index >= 15 is 0 Å². The summed E-state index contributed by atoms with van der Waals surface area (Å²) in [6.07, 6.45) is 0. The van der Waals surface area contributed by atoms with Gasteiger partial charge in [-0.3, -0.25) is 0 Å². The van der Waals surface area contributed by atoms with E-state index < -0.39 is 0 Å². The number of nitrogens with zero attached hydrogens (tertiary/aromatic N) is 3. The van der Waals surface area contributed by atoms with Crippen LogP contribution in [0.2, 0.25) is 0 Å². The lowest BCUT2D eigenvalue weighted by Crippen LogP contribution is -2.60. The van der Waals surface area contributed by atoms with Crippen LogP contribution in [0.3, 0.4) is 0 Å². The molecule has 0 saturated carbocycles. The van der Waals surface area contributed by atoms with Gasteiger partial charge in [0, 0.05) is 59.1 Å². The SMILES string of the molecule is Cc1ccc(N2B3c4cc5oc(-c6ccccc6)nc5cc4-n4c5ccccc5c5c(-c6ccc7sc8ccccc8c7c6)cc(c3c54)-c3ccccc32)cc1. The number of rotatable bonds is 3. The summed E-state index contributed by atoms with van der Waals surface area (Å²) in [5, 5.41) is 5.14. The summed E-state index contributed by atoms with van der Waals surface area (Å²) in [6.45, 7) is 2.04. The van der Waals surface area contributed by atoms with Crippen LogP contribution in [0.5, 0.6) is 0 Å². The van der Waals surface area contributed by atoms with Crippen molar-refractivity contribution in [3.63, 3.8) is 0 Å². The molecule has 0 spiro atoms. The van der Waals surface area contributed by atoms with Gasteiger partial charge in [-0.15, -0.1) is 11.3 Å². The Balaban J connectivity index is 1.19. The molecule has 0 N–H and O–H groups in total. The maximum Gasteiger partial charge on any atom is 0.333 e. The van der Waals surface area contributed by atoms with Gasteiger partial charge < -0.3 is 13.8 Å². The van der Waals surface area contributed by atoms with E-state index in [-0.39, 0.29) is 6.85 Å². The molecule has 4 nitrogen and oxygen atoms in total. The van der Waals surface area contributed by atoms with E-state index in [0.29, 0.717) is 5.89 Å². The summed E-state index contributed by atoms with van der Waals surface area (Å²) in [6, 6.07) is 60.0. The second-order valence-corrected chi connectivity index (χ2v) is 16.2. The van der Waals surface area contributed by atoms with Gasteiger partial charge in [0.05, 0.1) is 11.0 Å². The van der Waals surface area contributed by atoms with Crippen LogP contribution in [-0.2, 0) is 0 Å². The first-order chi connectivity index (χ1) is 27.7. The number of thiophene rings is 1. The van der Waals surface area contributed by atoms with Crippen LogP contribution < -0.4 is 15.7 Å². The lowest BCUT2D eigenvalue weighted by atomic mass is 9.44. The third kappa shape index (κ3) is 4.06. The summed E-state index contributed by atoms with van der Waals surface area (Å²) >= 11 is 1.87. The Labute approximate surface area is 326 Å². The normalized spacial score (nSPS) is 13.0. The quantitative estimate of drug-likeness (QED) is 0.170. The highest BCUT2D eigenvalue weighted by Gasteiger charge is 2.45. The molecule has 2 aliphatic heterocycles. The number of aryl methyl sites for hydroxylation is 1. The number of hydrogen-bond donors (Lipinski definition) is 0. The molecule has 0 fully saturated rings. The van der Waals surface area contributed by atoms with Crippen molar-refractivity contribution >= 4 is 93.6 Å². The number of aromatic nitrogens is 2. The molecule has 2 aliphatic rings. The fraction of sp³-hybridized carbons (Fsp3) is 0.0200. The van der Waals surface area contributed by atoms with Crippen LogP contribution in [-0.4, -0.2) is 16.4 Å². The monoisotopic (exact) mass is 731 g/mol. The van der Waals surface area contributed by atoms with Gasteiger partial charge in [-0.2, -0.15) is 0 Å². The molecule has 0 radical (unpaired) electrons. The van der Waals surface area contributed by atoms with Crippen molar-refractivity contribution in [2.45, 2.75) is 6.92 Å². The van der Waals surface area contributed by atoms with E-state index in [4.69, 9.17) is 9.40 Å². The lowest BCUT2D eigenvalue weighted by Gasteiger charge is -2.42. The van der Waals surface area contributed by atoms with Gasteiger partial charge in [-0.1, -0.05) is 96.6 Å². The Morgan fingerprint density at radius 2 is 1.36 bits per heavy atom. The molecule has 8 aromatic carbocycles. The topological polar surface area (TPSA) is 34.2 Å². The molecule has 0 atom stereocenters. The van der Waals surface area contributed by atoms with Gasteiger partial charge >= 0.3 is 6.85 Å². The minimum atomic E-state index is -0.121. The minimum Gasteiger partial charge on any atom is -0.436 e. The van der Waals surface area contributed by atoms with Gasteiger partial charge in [0.25, 0.3) is 0 Å². The first-order valence-electron chi connectivity index (χ1n) is 19.2. The third-order valence-corrected chi connectivity index (χ3v) is 13.2. The minimum absolute atomic E-state index is 0.121. The summed E-state index contributed by atoms with van der Waals surface area (Å²) in [5.74, 6) is 0.631. The van der Waals surface area contributed by atoms with Crippen molar-refractivity contribution in [3.05, 3.63) is 169 Å². The number of fused-ring (bicyclic) bond motifs is 12. The maximum absolute atomic E-state index is 6.62. The Kier molecular flexibility index (Phi) is 6.03.